The van der Waals surface area contributed by atoms with Crippen molar-refractivity contribution in [3.63, 3.8) is 0 Å². The van der Waals surface area contributed by atoms with Crippen molar-refractivity contribution in [3.8, 4) is 6.07 Å². The largest absolute Gasteiger partial charge is 0.383 e. The standard InChI is InChI=1S/C10H20N2O/c1-5-9(6-13-4)12-8-10(2,3)7-11/h9,12H,5-6,8H2,1-4H3. The van der Waals surface area contributed by atoms with Gasteiger partial charge in [0.2, 0.25) is 0 Å². The summed E-state index contributed by atoms with van der Waals surface area (Å²) in [5, 5.41) is 12.1. The van der Waals surface area contributed by atoms with E-state index in [1.165, 1.54) is 0 Å². The Bertz CT molecular complexity index is 172. The van der Waals surface area contributed by atoms with E-state index in [9.17, 15) is 0 Å². The van der Waals surface area contributed by atoms with Crippen LogP contribution in [0.4, 0.5) is 0 Å². The molecule has 0 saturated carbocycles. The van der Waals surface area contributed by atoms with Crippen LogP contribution in [0, 0.1) is 16.7 Å². The topological polar surface area (TPSA) is 45.0 Å². The van der Waals surface area contributed by atoms with E-state index in [1.807, 2.05) is 13.8 Å². The Balaban J connectivity index is 3.79. The molecule has 0 saturated heterocycles. The van der Waals surface area contributed by atoms with Gasteiger partial charge in [-0.2, -0.15) is 5.26 Å². The Morgan fingerprint density at radius 1 is 1.54 bits per heavy atom. The highest BCUT2D eigenvalue weighted by atomic mass is 16.5. The van der Waals surface area contributed by atoms with E-state index < -0.39 is 0 Å². The van der Waals surface area contributed by atoms with Gasteiger partial charge in [-0.3, -0.25) is 0 Å². The van der Waals surface area contributed by atoms with Gasteiger partial charge >= 0.3 is 0 Å². The molecule has 1 unspecified atom stereocenters. The summed E-state index contributed by atoms with van der Waals surface area (Å²) in [6.45, 7) is 7.39. The molecule has 0 fully saturated rings. The van der Waals surface area contributed by atoms with Crippen molar-refractivity contribution in [1.29, 1.82) is 5.26 Å². The zero-order valence-corrected chi connectivity index (χ0v) is 9.05. The Morgan fingerprint density at radius 2 is 2.15 bits per heavy atom. The van der Waals surface area contributed by atoms with Crippen LogP contribution in [0.5, 0.6) is 0 Å². The molecule has 0 heterocycles. The van der Waals surface area contributed by atoms with E-state index in [-0.39, 0.29) is 5.41 Å². The normalized spacial score (nSPS) is 13.8. The second-order valence-electron chi connectivity index (χ2n) is 3.94. The van der Waals surface area contributed by atoms with E-state index in [0.717, 1.165) is 6.42 Å². The van der Waals surface area contributed by atoms with Crippen LogP contribution >= 0.6 is 0 Å². The predicted octanol–water partition coefficient (Wildman–Crippen LogP) is 1.55. The minimum atomic E-state index is -0.291. The maximum Gasteiger partial charge on any atom is 0.0697 e. The number of ether oxygens (including phenoxy) is 1. The molecule has 0 aromatic rings. The van der Waals surface area contributed by atoms with Gasteiger partial charge in [0.05, 0.1) is 18.1 Å². The summed E-state index contributed by atoms with van der Waals surface area (Å²) < 4.78 is 5.05. The van der Waals surface area contributed by atoms with Crippen LogP contribution in [0.3, 0.4) is 0 Å². The Labute approximate surface area is 81.1 Å². The molecule has 0 bridgehead atoms. The first kappa shape index (κ1) is 12.4. The third-order valence-electron chi connectivity index (χ3n) is 2.00. The highest BCUT2D eigenvalue weighted by molar-refractivity contribution is 4.93. The zero-order chi connectivity index (χ0) is 10.3. The van der Waals surface area contributed by atoms with Crippen LogP contribution in [0.2, 0.25) is 0 Å². The van der Waals surface area contributed by atoms with Crippen molar-refractivity contribution in [2.24, 2.45) is 5.41 Å². The molecule has 1 atom stereocenters. The molecule has 0 aromatic heterocycles. The van der Waals surface area contributed by atoms with Gasteiger partial charge in [-0.05, 0) is 20.3 Å². The molecule has 0 spiro atoms. The summed E-state index contributed by atoms with van der Waals surface area (Å²) in [6.07, 6.45) is 1.02. The van der Waals surface area contributed by atoms with Crippen molar-refractivity contribution in [2.45, 2.75) is 33.2 Å². The third-order valence-corrected chi connectivity index (χ3v) is 2.00. The lowest BCUT2D eigenvalue weighted by Crippen LogP contribution is -2.38. The van der Waals surface area contributed by atoms with E-state index >= 15 is 0 Å². The summed E-state index contributed by atoms with van der Waals surface area (Å²) in [7, 11) is 1.69. The van der Waals surface area contributed by atoms with Crippen LogP contribution in [0.25, 0.3) is 0 Å². The third kappa shape index (κ3) is 5.62. The van der Waals surface area contributed by atoms with Gasteiger partial charge in [-0.15, -0.1) is 0 Å². The lowest BCUT2D eigenvalue weighted by atomic mass is 9.95. The lowest BCUT2D eigenvalue weighted by molar-refractivity contribution is 0.160. The fourth-order valence-electron chi connectivity index (χ4n) is 0.961. The molecule has 0 aliphatic heterocycles. The molecule has 3 nitrogen and oxygen atoms in total. The zero-order valence-electron chi connectivity index (χ0n) is 9.05. The lowest BCUT2D eigenvalue weighted by Gasteiger charge is -2.21. The molecule has 0 radical (unpaired) electrons. The fourth-order valence-corrected chi connectivity index (χ4v) is 0.961. The van der Waals surface area contributed by atoms with Gasteiger partial charge in [0.15, 0.2) is 0 Å². The van der Waals surface area contributed by atoms with Gasteiger partial charge in [-0.1, -0.05) is 6.92 Å². The van der Waals surface area contributed by atoms with Crippen molar-refractivity contribution < 1.29 is 4.74 Å². The fraction of sp³-hybridized carbons (Fsp3) is 0.900. The van der Waals surface area contributed by atoms with Gasteiger partial charge in [0, 0.05) is 19.7 Å². The smallest absolute Gasteiger partial charge is 0.0697 e. The number of rotatable bonds is 6. The minimum Gasteiger partial charge on any atom is -0.383 e. The number of hydrogen-bond acceptors (Lipinski definition) is 3. The van der Waals surface area contributed by atoms with Crippen LogP contribution in [-0.2, 0) is 4.74 Å². The summed E-state index contributed by atoms with van der Waals surface area (Å²) in [5.74, 6) is 0. The van der Waals surface area contributed by atoms with Crippen molar-refractivity contribution in [2.75, 3.05) is 20.3 Å². The number of nitrogens with zero attached hydrogens (tertiary/aromatic N) is 1. The summed E-state index contributed by atoms with van der Waals surface area (Å²) in [6, 6.07) is 2.62. The van der Waals surface area contributed by atoms with E-state index in [4.69, 9.17) is 10.00 Å². The molecule has 0 amide bonds. The first-order chi connectivity index (χ1) is 6.05. The second-order valence-corrected chi connectivity index (χ2v) is 3.94. The Hall–Kier alpha value is -0.590. The first-order valence-electron chi connectivity index (χ1n) is 4.69. The van der Waals surface area contributed by atoms with E-state index in [0.29, 0.717) is 19.2 Å². The highest BCUT2D eigenvalue weighted by Crippen LogP contribution is 2.11. The molecule has 0 aliphatic rings. The summed E-state index contributed by atoms with van der Waals surface area (Å²) in [5.41, 5.74) is -0.291. The average molecular weight is 184 g/mol. The molecular weight excluding hydrogens is 164 g/mol. The maximum absolute atomic E-state index is 8.79. The number of hydrogen-bond donors (Lipinski definition) is 1. The predicted molar refractivity (Wildman–Crippen MR) is 53.4 cm³/mol. The number of methoxy groups -OCH3 is 1. The molecular formula is C10H20N2O. The SMILES string of the molecule is CCC(COC)NCC(C)(C)C#N. The molecule has 0 aliphatic carbocycles. The van der Waals surface area contributed by atoms with E-state index in [2.05, 4.69) is 18.3 Å². The quantitative estimate of drug-likeness (QED) is 0.681. The maximum atomic E-state index is 8.79. The molecule has 1 N–H and O–H groups in total. The molecule has 13 heavy (non-hydrogen) atoms. The van der Waals surface area contributed by atoms with Gasteiger partial charge in [-0.25, -0.2) is 0 Å². The Kier molecular flexibility index (Phi) is 5.68. The van der Waals surface area contributed by atoms with Crippen molar-refractivity contribution in [1.82, 2.24) is 5.32 Å². The molecule has 0 rings (SSSR count). The highest BCUT2D eigenvalue weighted by Gasteiger charge is 2.17. The van der Waals surface area contributed by atoms with Gasteiger partial charge < -0.3 is 10.1 Å². The number of nitriles is 1. The minimum absolute atomic E-state index is 0.291. The van der Waals surface area contributed by atoms with Gasteiger partial charge in [0.1, 0.15) is 0 Å². The first-order valence-corrected chi connectivity index (χ1v) is 4.69. The number of nitrogens with one attached hydrogen (secondary N) is 1. The molecule has 76 valence electrons. The van der Waals surface area contributed by atoms with Crippen molar-refractivity contribution >= 4 is 0 Å². The molecule has 3 heteroatoms. The second kappa shape index (κ2) is 5.95. The van der Waals surface area contributed by atoms with Crippen LogP contribution in [0.15, 0.2) is 0 Å². The molecule has 0 aromatic carbocycles. The summed E-state index contributed by atoms with van der Waals surface area (Å²) >= 11 is 0. The van der Waals surface area contributed by atoms with E-state index in [1.54, 1.807) is 7.11 Å². The van der Waals surface area contributed by atoms with Crippen molar-refractivity contribution in [3.05, 3.63) is 0 Å². The van der Waals surface area contributed by atoms with Gasteiger partial charge in [0.25, 0.3) is 0 Å². The van der Waals surface area contributed by atoms with Crippen LogP contribution in [-0.4, -0.2) is 26.3 Å². The average Bonchev–Trinajstić information content (AvgIpc) is 2.12. The van der Waals surface area contributed by atoms with Crippen LogP contribution < -0.4 is 5.32 Å². The summed E-state index contributed by atoms with van der Waals surface area (Å²) in [4.78, 5) is 0. The van der Waals surface area contributed by atoms with Crippen LogP contribution in [0.1, 0.15) is 27.2 Å². The Morgan fingerprint density at radius 3 is 2.54 bits per heavy atom. The monoisotopic (exact) mass is 184 g/mol.